The highest BCUT2D eigenvalue weighted by Gasteiger charge is 2.30. The van der Waals surface area contributed by atoms with Gasteiger partial charge in [0, 0.05) is 18.8 Å². The van der Waals surface area contributed by atoms with Crippen LogP contribution in [0.3, 0.4) is 0 Å². The third-order valence-corrected chi connectivity index (χ3v) is 5.21. The number of amides is 1. The van der Waals surface area contributed by atoms with Gasteiger partial charge in [0.15, 0.2) is 11.5 Å². The maximum absolute atomic E-state index is 12.3. The van der Waals surface area contributed by atoms with Gasteiger partial charge in [-0.15, -0.1) is 0 Å². The molecule has 0 unspecified atom stereocenters. The Hall–Kier alpha value is -2.98. The SMILES string of the molecule is CCN1C(=O)C(=Cc2ccc(Oc3ncccc3[N+](=O)[O-])c(OC)c2)SC1=S. The molecule has 0 N–H and O–H groups in total. The van der Waals surface area contributed by atoms with Gasteiger partial charge in [-0.05, 0) is 36.8 Å². The van der Waals surface area contributed by atoms with Crippen molar-refractivity contribution in [2.24, 2.45) is 0 Å². The molecule has 2 aromatic rings. The van der Waals surface area contributed by atoms with Crippen molar-refractivity contribution in [2.75, 3.05) is 13.7 Å². The zero-order valence-electron chi connectivity index (χ0n) is 14.9. The normalized spacial score (nSPS) is 15.2. The number of benzene rings is 1. The number of thioether (sulfide) groups is 1. The Morgan fingerprint density at radius 2 is 2.14 bits per heavy atom. The lowest BCUT2D eigenvalue weighted by atomic mass is 10.2. The average Bonchev–Trinajstić information content (AvgIpc) is 2.95. The van der Waals surface area contributed by atoms with Gasteiger partial charge in [0.05, 0.1) is 16.9 Å². The van der Waals surface area contributed by atoms with E-state index in [9.17, 15) is 14.9 Å². The molecule has 1 aromatic heterocycles. The molecule has 1 aromatic carbocycles. The summed E-state index contributed by atoms with van der Waals surface area (Å²) < 4.78 is 11.4. The Morgan fingerprint density at radius 1 is 1.36 bits per heavy atom. The maximum Gasteiger partial charge on any atom is 0.331 e. The number of aromatic nitrogens is 1. The van der Waals surface area contributed by atoms with E-state index in [4.69, 9.17) is 21.7 Å². The lowest BCUT2D eigenvalue weighted by Gasteiger charge is -2.11. The first-order valence-electron chi connectivity index (χ1n) is 8.15. The number of hydrogen-bond acceptors (Lipinski definition) is 8. The summed E-state index contributed by atoms with van der Waals surface area (Å²) >= 11 is 6.44. The summed E-state index contributed by atoms with van der Waals surface area (Å²) in [6.07, 6.45) is 3.11. The summed E-state index contributed by atoms with van der Waals surface area (Å²) in [7, 11) is 1.45. The van der Waals surface area contributed by atoms with Crippen LogP contribution in [0.4, 0.5) is 5.69 Å². The quantitative estimate of drug-likeness (QED) is 0.301. The monoisotopic (exact) mass is 417 g/mol. The average molecular weight is 417 g/mol. The van der Waals surface area contributed by atoms with Crippen LogP contribution < -0.4 is 9.47 Å². The van der Waals surface area contributed by atoms with E-state index in [1.807, 2.05) is 6.92 Å². The van der Waals surface area contributed by atoms with Gasteiger partial charge in [-0.25, -0.2) is 4.98 Å². The number of hydrogen-bond donors (Lipinski definition) is 0. The van der Waals surface area contributed by atoms with E-state index >= 15 is 0 Å². The molecule has 1 saturated heterocycles. The molecule has 10 heteroatoms. The van der Waals surface area contributed by atoms with E-state index in [1.165, 1.54) is 42.1 Å². The van der Waals surface area contributed by atoms with Crippen molar-refractivity contribution in [1.29, 1.82) is 0 Å². The molecule has 1 fully saturated rings. The van der Waals surface area contributed by atoms with E-state index in [-0.39, 0.29) is 23.2 Å². The molecule has 0 bridgehead atoms. The van der Waals surface area contributed by atoms with Crippen LogP contribution in [0.25, 0.3) is 6.08 Å². The van der Waals surface area contributed by atoms with Crippen molar-refractivity contribution in [3.8, 4) is 17.4 Å². The largest absolute Gasteiger partial charge is 0.493 e. The van der Waals surface area contributed by atoms with Gasteiger partial charge in [-0.1, -0.05) is 30.0 Å². The minimum Gasteiger partial charge on any atom is -0.493 e. The Labute approximate surface area is 170 Å². The third-order valence-electron chi connectivity index (χ3n) is 3.83. The van der Waals surface area contributed by atoms with Crippen LogP contribution in [0.1, 0.15) is 12.5 Å². The molecule has 3 rings (SSSR count). The predicted molar refractivity (Wildman–Crippen MR) is 110 cm³/mol. The van der Waals surface area contributed by atoms with Crippen LogP contribution in [0.5, 0.6) is 17.4 Å². The van der Waals surface area contributed by atoms with E-state index in [0.29, 0.717) is 27.1 Å². The summed E-state index contributed by atoms with van der Waals surface area (Å²) in [5, 5.41) is 11.1. The molecule has 8 nitrogen and oxygen atoms in total. The van der Waals surface area contributed by atoms with E-state index in [0.717, 1.165) is 0 Å². The number of nitrogens with zero attached hydrogens (tertiary/aromatic N) is 3. The zero-order valence-corrected chi connectivity index (χ0v) is 16.6. The van der Waals surface area contributed by atoms with Crippen molar-refractivity contribution < 1.29 is 19.2 Å². The number of pyridine rings is 1. The minimum atomic E-state index is -0.571. The molecule has 0 saturated carbocycles. The standard InChI is InChI=1S/C18H15N3O5S2/c1-3-20-17(22)15(28-18(20)27)10-11-6-7-13(14(9-11)25-2)26-16-12(21(23)24)5-4-8-19-16/h4-10H,3H2,1-2H3. The minimum absolute atomic E-state index is 0.137. The lowest BCUT2D eigenvalue weighted by molar-refractivity contribution is -0.386. The second-order valence-corrected chi connectivity index (χ2v) is 7.20. The predicted octanol–water partition coefficient (Wildman–Crippen LogP) is 4.01. The summed E-state index contributed by atoms with van der Waals surface area (Å²) in [5.41, 5.74) is 0.452. The Bertz CT molecular complexity index is 993. The molecule has 28 heavy (non-hydrogen) atoms. The molecular weight excluding hydrogens is 402 g/mol. The van der Waals surface area contributed by atoms with E-state index < -0.39 is 4.92 Å². The number of likely N-dealkylation sites (N-methyl/N-ethyl adjacent to an activating group) is 1. The number of carbonyl (C=O) groups is 1. The summed E-state index contributed by atoms with van der Waals surface area (Å²) in [6.45, 7) is 2.38. The second-order valence-electron chi connectivity index (χ2n) is 5.52. The first-order chi connectivity index (χ1) is 13.4. The molecule has 1 amide bonds. The number of nitro groups is 1. The highest BCUT2D eigenvalue weighted by atomic mass is 32.2. The van der Waals surface area contributed by atoms with Crippen molar-refractivity contribution in [2.45, 2.75) is 6.92 Å². The van der Waals surface area contributed by atoms with E-state index in [1.54, 1.807) is 24.3 Å². The fraction of sp³-hybridized carbons (Fsp3) is 0.167. The molecule has 0 aliphatic carbocycles. The molecular formula is C18H15N3O5S2. The van der Waals surface area contributed by atoms with Crippen molar-refractivity contribution in [3.63, 3.8) is 0 Å². The molecule has 2 heterocycles. The Balaban J connectivity index is 1.90. The van der Waals surface area contributed by atoms with Gasteiger partial charge < -0.3 is 9.47 Å². The van der Waals surface area contributed by atoms with Crippen molar-refractivity contribution in [3.05, 3.63) is 57.1 Å². The van der Waals surface area contributed by atoms with Gasteiger partial charge in [0.1, 0.15) is 4.32 Å². The third kappa shape index (κ3) is 3.97. The second kappa shape index (κ2) is 8.36. The Morgan fingerprint density at radius 3 is 2.79 bits per heavy atom. The number of rotatable bonds is 6. The van der Waals surface area contributed by atoms with Crippen LogP contribution in [0.2, 0.25) is 0 Å². The van der Waals surface area contributed by atoms with Crippen molar-refractivity contribution >= 4 is 46.0 Å². The molecule has 144 valence electrons. The number of ether oxygens (including phenoxy) is 2. The van der Waals surface area contributed by atoms with Crippen LogP contribution in [-0.2, 0) is 4.79 Å². The van der Waals surface area contributed by atoms with Gasteiger partial charge in [0.25, 0.3) is 11.8 Å². The first-order valence-corrected chi connectivity index (χ1v) is 9.37. The molecule has 1 aliphatic rings. The van der Waals surface area contributed by atoms with Crippen LogP contribution >= 0.6 is 24.0 Å². The summed E-state index contributed by atoms with van der Waals surface area (Å²) in [4.78, 5) is 28.8. The fourth-order valence-electron chi connectivity index (χ4n) is 2.49. The lowest BCUT2D eigenvalue weighted by Crippen LogP contribution is -2.27. The fourth-order valence-corrected chi connectivity index (χ4v) is 3.87. The van der Waals surface area contributed by atoms with E-state index in [2.05, 4.69) is 4.98 Å². The van der Waals surface area contributed by atoms with Crippen LogP contribution in [-0.4, -0.2) is 38.7 Å². The van der Waals surface area contributed by atoms with Crippen LogP contribution in [0.15, 0.2) is 41.4 Å². The molecule has 1 aliphatic heterocycles. The van der Waals surface area contributed by atoms with Gasteiger partial charge in [0.2, 0.25) is 0 Å². The van der Waals surface area contributed by atoms with Crippen molar-refractivity contribution in [1.82, 2.24) is 9.88 Å². The molecule has 0 radical (unpaired) electrons. The highest BCUT2D eigenvalue weighted by molar-refractivity contribution is 8.26. The topological polar surface area (TPSA) is 94.8 Å². The molecule has 0 atom stereocenters. The highest BCUT2D eigenvalue weighted by Crippen LogP contribution is 2.37. The Kier molecular flexibility index (Phi) is 5.90. The zero-order chi connectivity index (χ0) is 20.3. The number of thiocarbonyl (C=S) groups is 1. The maximum atomic E-state index is 12.3. The smallest absolute Gasteiger partial charge is 0.331 e. The summed E-state index contributed by atoms with van der Waals surface area (Å²) in [5.74, 6) is 0.338. The number of carbonyl (C=O) groups excluding carboxylic acids is 1. The molecule has 0 spiro atoms. The van der Waals surface area contributed by atoms with Gasteiger partial charge in [-0.3, -0.25) is 19.8 Å². The van der Waals surface area contributed by atoms with Gasteiger partial charge in [-0.2, -0.15) is 0 Å². The van der Waals surface area contributed by atoms with Gasteiger partial charge >= 0.3 is 5.69 Å². The first kappa shape index (κ1) is 19.8. The number of methoxy groups -OCH3 is 1. The van der Waals surface area contributed by atoms with Crippen LogP contribution in [0, 0.1) is 10.1 Å². The summed E-state index contributed by atoms with van der Waals surface area (Å²) in [6, 6.07) is 7.74.